The van der Waals surface area contributed by atoms with Gasteiger partial charge in [-0.25, -0.2) is 9.97 Å². The number of hydrogen-bond donors (Lipinski definition) is 1. The van der Waals surface area contributed by atoms with E-state index in [2.05, 4.69) is 15.3 Å². The molecule has 0 spiro atoms. The number of aromatic nitrogens is 2. The van der Waals surface area contributed by atoms with E-state index >= 15 is 0 Å². The third-order valence-corrected chi connectivity index (χ3v) is 2.89. The zero-order valence-electron chi connectivity index (χ0n) is 10.1. The van der Waals surface area contributed by atoms with Gasteiger partial charge >= 0.3 is 0 Å². The minimum absolute atomic E-state index is 0.0509. The molecule has 7 nitrogen and oxygen atoms in total. The lowest BCUT2D eigenvalue weighted by atomic mass is 10.2. The van der Waals surface area contributed by atoms with Crippen LogP contribution in [0.15, 0.2) is 36.8 Å². The van der Waals surface area contributed by atoms with Gasteiger partial charge in [-0.2, -0.15) is 0 Å². The highest BCUT2D eigenvalue weighted by atomic mass is 35.5. The number of benzene rings is 1. The topological polar surface area (TPSA) is 98.0 Å². The fourth-order valence-corrected chi connectivity index (χ4v) is 1.81. The van der Waals surface area contributed by atoms with Crippen molar-refractivity contribution in [3.05, 3.63) is 63.2 Å². The Balaban J connectivity index is 2.14. The van der Waals surface area contributed by atoms with Crippen molar-refractivity contribution in [2.24, 2.45) is 0 Å². The molecule has 0 aliphatic heterocycles. The monoisotopic (exact) mass is 292 g/mol. The minimum atomic E-state index is -0.635. The summed E-state index contributed by atoms with van der Waals surface area (Å²) in [6.45, 7) is 0.181. The zero-order chi connectivity index (χ0) is 14.5. The molecular formula is C12H9ClN4O3. The zero-order valence-corrected chi connectivity index (χ0v) is 10.9. The van der Waals surface area contributed by atoms with E-state index in [1.807, 2.05) is 0 Å². The molecule has 1 heterocycles. The highest BCUT2D eigenvalue weighted by Crippen LogP contribution is 2.27. The lowest BCUT2D eigenvalue weighted by Gasteiger charge is -2.06. The van der Waals surface area contributed by atoms with E-state index in [9.17, 15) is 14.9 Å². The van der Waals surface area contributed by atoms with Gasteiger partial charge in [-0.3, -0.25) is 14.9 Å². The molecule has 0 saturated carbocycles. The Kier molecular flexibility index (Phi) is 4.21. The van der Waals surface area contributed by atoms with Crippen molar-refractivity contribution in [3.63, 3.8) is 0 Å². The quantitative estimate of drug-likeness (QED) is 0.686. The predicted octanol–water partition coefficient (Wildman–Crippen LogP) is 1.97. The first-order chi connectivity index (χ1) is 9.59. The summed E-state index contributed by atoms with van der Waals surface area (Å²) in [4.78, 5) is 29.8. The second-order valence-electron chi connectivity index (χ2n) is 3.78. The fraction of sp³-hybridized carbons (Fsp3) is 0.0833. The van der Waals surface area contributed by atoms with Crippen LogP contribution in [0, 0.1) is 10.1 Å². The predicted molar refractivity (Wildman–Crippen MR) is 71.3 cm³/mol. The Morgan fingerprint density at radius 3 is 2.85 bits per heavy atom. The lowest BCUT2D eigenvalue weighted by molar-refractivity contribution is -0.384. The number of nitrogens with one attached hydrogen (secondary N) is 1. The summed E-state index contributed by atoms with van der Waals surface area (Å²) in [6.07, 6.45) is 2.91. The van der Waals surface area contributed by atoms with Crippen LogP contribution in [0.1, 0.15) is 16.1 Å². The molecule has 2 rings (SSSR count). The first-order valence-electron chi connectivity index (χ1n) is 5.55. The molecule has 1 aromatic heterocycles. The number of carbonyl (C=O) groups is 1. The Bertz CT molecular complexity index is 648. The molecule has 0 saturated heterocycles. The van der Waals surface area contributed by atoms with E-state index in [0.717, 1.165) is 0 Å². The van der Waals surface area contributed by atoms with Gasteiger partial charge < -0.3 is 5.32 Å². The average molecular weight is 293 g/mol. The molecule has 0 unspecified atom stereocenters. The SMILES string of the molecule is O=C(NCc1ccncn1)c1cccc([N+](=O)[O-])c1Cl. The average Bonchev–Trinajstić information content (AvgIpc) is 2.46. The van der Waals surface area contributed by atoms with E-state index < -0.39 is 10.8 Å². The molecule has 0 fully saturated rings. The third-order valence-electron chi connectivity index (χ3n) is 2.49. The van der Waals surface area contributed by atoms with Crippen LogP contribution in [0.4, 0.5) is 5.69 Å². The maximum Gasteiger partial charge on any atom is 0.288 e. The van der Waals surface area contributed by atoms with Crippen molar-refractivity contribution < 1.29 is 9.72 Å². The smallest absolute Gasteiger partial charge is 0.288 e. The van der Waals surface area contributed by atoms with E-state index in [1.165, 1.54) is 24.5 Å². The Labute approximate surface area is 118 Å². The van der Waals surface area contributed by atoms with Gasteiger partial charge in [-0.1, -0.05) is 17.7 Å². The molecule has 0 aliphatic rings. The van der Waals surface area contributed by atoms with Crippen molar-refractivity contribution in [1.82, 2.24) is 15.3 Å². The lowest BCUT2D eigenvalue weighted by Crippen LogP contribution is -2.23. The molecule has 0 atom stereocenters. The number of nitro benzene ring substituents is 1. The maximum atomic E-state index is 12.0. The summed E-state index contributed by atoms with van der Waals surface area (Å²) in [5.41, 5.74) is 0.367. The number of halogens is 1. The number of carbonyl (C=O) groups excluding carboxylic acids is 1. The molecule has 0 bridgehead atoms. The molecule has 1 amide bonds. The number of rotatable bonds is 4. The number of nitrogens with zero attached hydrogens (tertiary/aromatic N) is 3. The van der Waals surface area contributed by atoms with E-state index in [0.29, 0.717) is 5.69 Å². The van der Waals surface area contributed by atoms with Crippen molar-refractivity contribution in [1.29, 1.82) is 0 Å². The minimum Gasteiger partial charge on any atom is -0.346 e. The van der Waals surface area contributed by atoms with Crippen LogP contribution in [-0.2, 0) is 6.54 Å². The molecule has 102 valence electrons. The van der Waals surface area contributed by atoms with Crippen molar-refractivity contribution in [2.45, 2.75) is 6.54 Å². The standard InChI is InChI=1S/C12H9ClN4O3/c13-11-9(2-1-3-10(11)17(19)20)12(18)15-6-8-4-5-14-7-16-8/h1-5,7H,6H2,(H,15,18). The van der Waals surface area contributed by atoms with Crippen LogP contribution < -0.4 is 5.32 Å². The van der Waals surface area contributed by atoms with Gasteiger partial charge in [0.25, 0.3) is 11.6 Å². The van der Waals surface area contributed by atoms with Crippen LogP contribution in [0.3, 0.4) is 0 Å². The van der Waals surface area contributed by atoms with Crippen LogP contribution in [-0.4, -0.2) is 20.8 Å². The van der Waals surface area contributed by atoms with Crippen LogP contribution in [0.5, 0.6) is 0 Å². The molecule has 20 heavy (non-hydrogen) atoms. The van der Waals surface area contributed by atoms with Crippen molar-refractivity contribution >= 4 is 23.2 Å². The largest absolute Gasteiger partial charge is 0.346 e. The summed E-state index contributed by atoms with van der Waals surface area (Å²) in [6, 6.07) is 5.72. The van der Waals surface area contributed by atoms with Gasteiger partial charge in [0.15, 0.2) is 0 Å². The van der Waals surface area contributed by atoms with E-state index in [-0.39, 0.29) is 22.8 Å². The number of nitro groups is 1. The molecule has 8 heteroatoms. The Morgan fingerprint density at radius 2 is 2.20 bits per heavy atom. The normalized spacial score (nSPS) is 10.1. The summed E-state index contributed by atoms with van der Waals surface area (Å²) in [7, 11) is 0. The second kappa shape index (κ2) is 6.07. The molecule has 1 aromatic carbocycles. The first-order valence-corrected chi connectivity index (χ1v) is 5.93. The Morgan fingerprint density at radius 1 is 1.40 bits per heavy atom. The molecule has 0 radical (unpaired) electrons. The van der Waals surface area contributed by atoms with Gasteiger partial charge in [0, 0.05) is 12.3 Å². The summed E-state index contributed by atoms with van der Waals surface area (Å²) in [5, 5.41) is 13.2. The third kappa shape index (κ3) is 3.07. The van der Waals surface area contributed by atoms with Crippen LogP contribution in [0.2, 0.25) is 5.02 Å². The summed E-state index contributed by atoms with van der Waals surface area (Å²) >= 11 is 5.85. The van der Waals surface area contributed by atoms with Gasteiger partial charge in [0.1, 0.15) is 11.3 Å². The van der Waals surface area contributed by atoms with Crippen LogP contribution >= 0.6 is 11.6 Å². The molecule has 1 N–H and O–H groups in total. The van der Waals surface area contributed by atoms with E-state index in [4.69, 9.17) is 11.6 Å². The van der Waals surface area contributed by atoms with Gasteiger partial charge in [0.05, 0.1) is 22.7 Å². The number of hydrogen-bond acceptors (Lipinski definition) is 5. The molecular weight excluding hydrogens is 284 g/mol. The highest BCUT2D eigenvalue weighted by Gasteiger charge is 2.19. The maximum absolute atomic E-state index is 12.0. The fourth-order valence-electron chi connectivity index (χ4n) is 1.52. The highest BCUT2D eigenvalue weighted by molar-refractivity contribution is 6.35. The van der Waals surface area contributed by atoms with Crippen molar-refractivity contribution in [2.75, 3.05) is 0 Å². The molecule has 0 aliphatic carbocycles. The first kappa shape index (κ1) is 13.9. The van der Waals surface area contributed by atoms with Gasteiger partial charge in [-0.15, -0.1) is 0 Å². The van der Waals surface area contributed by atoms with Crippen LogP contribution in [0.25, 0.3) is 0 Å². The number of amides is 1. The van der Waals surface area contributed by atoms with Gasteiger partial charge in [-0.05, 0) is 12.1 Å². The molecule has 2 aromatic rings. The van der Waals surface area contributed by atoms with Gasteiger partial charge in [0.2, 0.25) is 0 Å². The summed E-state index contributed by atoms with van der Waals surface area (Å²) < 4.78 is 0. The Hall–Kier alpha value is -2.54. The second-order valence-corrected chi connectivity index (χ2v) is 4.16. The van der Waals surface area contributed by atoms with Crippen molar-refractivity contribution in [3.8, 4) is 0 Å². The summed E-state index contributed by atoms with van der Waals surface area (Å²) in [5.74, 6) is -0.502. The van der Waals surface area contributed by atoms with E-state index in [1.54, 1.807) is 12.3 Å².